The van der Waals surface area contributed by atoms with Crippen LogP contribution in [0.4, 0.5) is 5.82 Å². The van der Waals surface area contributed by atoms with E-state index in [1.807, 2.05) is 30.3 Å². The minimum Gasteiger partial charge on any atom is -0.358 e. The number of nitro groups is 1. The summed E-state index contributed by atoms with van der Waals surface area (Å²) in [5.74, 6) is -0.310. The summed E-state index contributed by atoms with van der Waals surface area (Å²) < 4.78 is 1.49. The molecule has 0 aliphatic rings. The van der Waals surface area contributed by atoms with Gasteiger partial charge >= 0.3 is 5.82 Å². The van der Waals surface area contributed by atoms with Gasteiger partial charge in [-0.2, -0.15) is 0 Å². The number of benzene rings is 1. The molecule has 0 fully saturated rings. The first-order valence-electron chi connectivity index (χ1n) is 5.80. The molecule has 0 saturated heterocycles. The zero-order valence-corrected chi connectivity index (χ0v) is 10.4. The third-order valence-corrected chi connectivity index (χ3v) is 2.88. The van der Waals surface area contributed by atoms with Crippen molar-refractivity contribution in [2.75, 3.05) is 0 Å². The lowest BCUT2D eigenvalue weighted by atomic mass is 10.0. The van der Waals surface area contributed by atoms with Gasteiger partial charge in [0.2, 0.25) is 6.33 Å². The van der Waals surface area contributed by atoms with Crippen molar-refractivity contribution in [3.8, 4) is 0 Å². The summed E-state index contributed by atoms with van der Waals surface area (Å²) >= 11 is 0. The third kappa shape index (κ3) is 3.04. The third-order valence-electron chi connectivity index (χ3n) is 2.88. The lowest BCUT2D eigenvalue weighted by Gasteiger charge is -2.13. The number of nitrogens with zero attached hydrogens (tertiary/aromatic N) is 3. The van der Waals surface area contributed by atoms with E-state index in [-0.39, 0.29) is 11.6 Å². The lowest BCUT2D eigenvalue weighted by molar-refractivity contribution is -0.389. The van der Waals surface area contributed by atoms with Crippen molar-refractivity contribution in [3.05, 3.63) is 58.5 Å². The second kappa shape index (κ2) is 5.43. The number of carbonyl (C=O) groups is 1. The van der Waals surface area contributed by atoms with Gasteiger partial charge in [0.1, 0.15) is 6.20 Å². The van der Waals surface area contributed by atoms with Gasteiger partial charge in [0.15, 0.2) is 5.78 Å². The highest BCUT2D eigenvalue weighted by molar-refractivity contribution is 5.80. The molecule has 0 amide bonds. The zero-order chi connectivity index (χ0) is 13.8. The van der Waals surface area contributed by atoms with Gasteiger partial charge in [-0.05, 0) is 22.4 Å². The number of aromatic nitrogens is 2. The minimum atomic E-state index is -0.573. The fraction of sp³-hybridized carbons (Fsp3) is 0.231. The SMILES string of the molecule is CC(=O)[C@H](Cc1ccccc1)n1cnc([N+](=O)[O-])c1. The second-order valence-corrected chi connectivity index (χ2v) is 4.25. The van der Waals surface area contributed by atoms with Crippen LogP contribution in [0.15, 0.2) is 42.9 Å². The summed E-state index contributed by atoms with van der Waals surface area (Å²) in [6, 6.07) is 9.05. The topological polar surface area (TPSA) is 78.0 Å². The monoisotopic (exact) mass is 259 g/mol. The van der Waals surface area contributed by atoms with Crippen molar-refractivity contribution < 1.29 is 9.72 Å². The maximum absolute atomic E-state index is 11.7. The molecule has 0 aliphatic heterocycles. The molecule has 0 saturated carbocycles. The fourth-order valence-electron chi connectivity index (χ4n) is 1.89. The number of Topliss-reactive ketones (excluding diaryl/α,β-unsaturated/α-hetero) is 1. The predicted octanol–water partition coefficient (Wildman–Crippen LogP) is 2.16. The Morgan fingerprint density at radius 3 is 2.63 bits per heavy atom. The first kappa shape index (κ1) is 12.9. The van der Waals surface area contributed by atoms with Gasteiger partial charge < -0.3 is 10.1 Å². The molecule has 0 spiro atoms. The van der Waals surface area contributed by atoms with E-state index in [9.17, 15) is 14.9 Å². The van der Waals surface area contributed by atoms with E-state index in [1.54, 1.807) is 0 Å². The molecule has 6 heteroatoms. The van der Waals surface area contributed by atoms with Crippen LogP contribution in [0, 0.1) is 10.1 Å². The van der Waals surface area contributed by atoms with E-state index >= 15 is 0 Å². The Balaban J connectivity index is 2.25. The molecule has 1 atom stereocenters. The number of hydrogen-bond donors (Lipinski definition) is 0. The average molecular weight is 259 g/mol. The molecule has 19 heavy (non-hydrogen) atoms. The highest BCUT2D eigenvalue weighted by atomic mass is 16.6. The molecule has 0 bridgehead atoms. The van der Waals surface area contributed by atoms with Gasteiger partial charge in [0, 0.05) is 6.42 Å². The van der Waals surface area contributed by atoms with E-state index in [2.05, 4.69) is 4.98 Å². The molecule has 1 aromatic carbocycles. The van der Waals surface area contributed by atoms with Gasteiger partial charge in [-0.15, -0.1) is 0 Å². The zero-order valence-electron chi connectivity index (χ0n) is 10.4. The molecule has 6 nitrogen and oxygen atoms in total. The molecule has 1 aromatic heterocycles. The Hall–Kier alpha value is -2.50. The molecule has 98 valence electrons. The molecular weight excluding hydrogens is 246 g/mol. The van der Waals surface area contributed by atoms with E-state index < -0.39 is 11.0 Å². The maximum atomic E-state index is 11.7. The standard InChI is InChI=1S/C13H13N3O3/c1-10(17)12(7-11-5-3-2-4-6-11)15-8-13(14-9-15)16(18)19/h2-6,8-9,12H,7H2,1H3/t12-/m0/s1. The Morgan fingerprint density at radius 2 is 2.11 bits per heavy atom. The summed E-state index contributed by atoms with van der Waals surface area (Å²) in [4.78, 5) is 25.4. The van der Waals surface area contributed by atoms with Crippen LogP contribution in [0.2, 0.25) is 0 Å². The predicted molar refractivity (Wildman–Crippen MR) is 68.7 cm³/mol. The summed E-state index contributed by atoms with van der Waals surface area (Å²) in [5.41, 5.74) is 0.999. The van der Waals surface area contributed by atoms with Crippen LogP contribution in [0.5, 0.6) is 0 Å². The van der Waals surface area contributed by atoms with Crippen molar-refractivity contribution in [3.63, 3.8) is 0 Å². The van der Waals surface area contributed by atoms with Gasteiger partial charge in [-0.1, -0.05) is 30.3 Å². The molecular formula is C13H13N3O3. The van der Waals surface area contributed by atoms with Crippen molar-refractivity contribution in [2.24, 2.45) is 0 Å². The van der Waals surface area contributed by atoms with Crippen molar-refractivity contribution >= 4 is 11.6 Å². The Bertz CT molecular complexity index is 592. The van der Waals surface area contributed by atoms with Crippen LogP contribution in [0.25, 0.3) is 0 Å². The number of ketones is 1. The van der Waals surface area contributed by atoms with Gasteiger partial charge in [0.25, 0.3) is 0 Å². The Labute approximate surface area is 109 Å². The average Bonchev–Trinajstić information content (AvgIpc) is 2.86. The van der Waals surface area contributed by atoms with Crippen molar-refractivity contribution in [1.29, 1.82) is 0 Å². The van der Waals surface area contributed by atoms with Crippen molar-refractivity contribution in [2.45, 2.75) is 19.4 Å². The van der Waals surface area contributed by atoms with E-state index in [1.165, 1.54) is 24.0 Å². The first-order valence-corrected chi connectivity index (χ1v) is 5.80. The van der Waals surface area contributed by atoms with Gasteiger partial charge in [-0.3, -0.25) is 9.36 Å². The van der Waals surface area contributed by atoms with E-state index in [0.29, 0.717) is 6.42 Å². The minimum absolute atomic E-state index is 0.0591. The summed E-state index contributed by atoms with van der Waals surface area (Å²) in [6.45, 7) is 1.47. The van der Waals surface area contributed by atoms with Crippen LogP contribution >= 0.6 is 0 Å². The molecule has 0 unspecified atom stereocenters. The van der Waals surface area contributed by atoms with E-state index in [0.717, 1.165) is 5.56 Å². The molecule has 0 N–H and O–H groups in total. The molecule has 2 rings (SSSR count). The Kier molecular flexibility index (Phi) is 3.70. The van der Waals surface area contributed by atoms with Crippen molar-refractivity contribution in [1.82, 2.24) is 9.55 Å². The highest BCUT2D eigenvalue weighted by Gasteiger charge is 2.21. The molecule has 2 aromatic rings. The molecule has 0 aliphatic carbocycles. The quantitative estimate of drug-likeness (QED) is 0.609. The largest absolute Gasteiger partial charge is 0.381 e. The second-order valence-electron chi connectivity index (χ2n) is 4.25. The number of rotatable bonds is 5. The molecule has 0 radical (unpaired) electrons. The number of carbonyl (C=O) groups excluding carboxylic acids is 1. The first-order chi connectivity index (χ1) is 9.08. The highest BCUT2D eigenvalue weighted by Crippen LogP contribution is 2.18. The van der Waals surface area contributed by atoms with Crippen LogP contribution < -0.4 is 0 Å². The number of imidazole rings is 1. The van der Waals surface area contributed by atoms with Crippen LogP contribution in [0.1, 0.15) is 18.5 Å². The summed E-state index contributed by atoms with van der Waals surface area (Å²) in [6.07, 6.45) is 3.10. The maximum Gasteiger partial charge on any atom is 0.381 e. The lowest BCUT2D eigenvalue weighted by Crippen LogP contribution is -2.18. The van der Waals surface area contributed by atoms with Crippen LogP contribution in [-0.4, -0.2) is 20.3 Å². The van der Waals surface area contributed by atoms with Gasteiger partial charge in [0.05, 0.1) is 6.04 Å². The fourth-order valence-corrected chi connectivity index (χ4v) is 1.89. The van der Waals surface area contributed by atoms with E-state index in [4.69, 9.17) is 0 Å². The molecule has 1 heterocycles. The Morgan fingerprint density at radius 1 is 1.42 bits per heavy atom. The smallest absolute Gasteiger partial charge is 0.358 e. The van der Waals surface area contributed by atoms with Crippen LogP contribution in [-0.2, 0) is 11.2 Å². The van der Waals surface area contributed by atoms with Gasteiger partial charge in [-0.25, -0.2) is 0 Å². The number of hydrogen-bond acceptors (Lipinski definition) is 4. The van der Waals surface area contributed by atoms with Crippen LogP contribution in [0.3, 0.4) is 0 Å². The summed E-state index contributed by atoms with van der Waals surface area (Å²) in [7, 11) is 0. The summed E-state index contributed by atoms with van der Waals surface area (Å²) in [5, 5.41) is 10.6. The normalized spacial score (nSPS) is 12.1.